The molecular weight excluding hydrogens is 438 g/mol. The van der Waals surface area contributed by atoms with Gasteiger partial charge in [-0.3, -0.25) is 4.79 Å². The van der Waals surface area contributed by atoms with E-state index in [4.69, 9.17) is 10.5 Å². The molecule has 172 valence electrons. The molecule has 0 saturated carbocycles. The predicted molar refractivity (Wildman–Crippen MR) is 128 cm³/mol. The quantitative estimate of drug-likeness (QED) is 0.315. The maximum atomic E-state index is 13.2. The van der Waals surface area contributed by atoms with E-state index in [1.807, 2.05) is 36.4 Å². The number of fused-ring (bicyclic) bond motifs is 2. The summed E-state index contributed by atoms with van der Waals surface area (Å²) in [6, 6.07) is 14.8. The van der Waals surface area contributed by atoms with Crippen LogP contribution in [0.15, 0.2) is 53.3 Å². The lowest BCUT2D eigenvalue weighted by Gasteiger charge is -2.09. The van der Waals surface area contributed by atoms with Crippen molar-refractivity contribution >= 4 is 33.6 Å². The van der Waals surface area contributed by atoms with Crippen LogP contribution in [0.4, 0.5) is 11.6 Å². The molecule has 2 N–H and O–H groups in total. The largest absolute Gasteiger partial charge is 0.497 e. The zero-order valence-corrected chi connectivity index (χ0v) is 18.7. The number of benzene rings is 2. The van der Waals surface area contributed by atoms with Crippen molar-refractivity contribution in [1.29, 1.82) is 0 Å². The first-order valence-electron chi connectivity index (χ1n) is 10.4. The first kappa shape index (κ1) is 21.2. The summed E-state index contributed by atoms with van der Waals surface area (Å²) in [4.78, 5) is 29.3. The minimum absolute atomic E-state index is 0.0671. The van der Waals surface area contributed by atoms with E-state index in [9.17, 15) is 14.9 Å². The van der Waals surface area contributed by atoms with Crippen LogP contribution in [0.1, 0.15) is 5.56 Å². The monoisotopic (exact) mass is 459 g/mol. The summed E-state index contributed by atoms with van der Waals surface area (Å²) in [6.07, 6.45) is 0. The van der Waals surface area contributed by atoms with E-state index in [1.54, 1.807) is 35.4 Å². The van der Waals surface area contributed by atoms with Gasteiger partial charge in [-0.25, -0.2) is 4.98 Å². The highest BCUT2D eigenvalue weighted by Crippen LogP contribution is 2.40. The average Bonchev–Trinajstić information content (AvgIpc) is 3.30. The Labute approximate surface area is 192 Å². The highest BCUT2D eigenvalue weighted by Gasteiger charge is 2.32. The molecule has 5 aromatic rings. The first-order chi connectivity index (χ1) is 16.3. The molecule has 0 atom stereocenters. The lowest BCUT2D eigenvalue weighted by molar-refractivity contribution is -0.388. The molecular formula is C23H21N7O4. The van der Waals surface area contributed by atoms with E-state index in [0.29, 0.717) is 22.7 Å². The third kappa shape index (κ3) is 3.09. The minimum Gasteiger partial charge on any atom is -0.497 e. The van der Waals surface area contributed by atoms with E-state index in [1.165, 1.54) is 7.05 Å². The fourth-order valence-corrected chi connectivity index (χ4v) is 4.27. The van der Waals surface area contributed by atoms with E-state index in [0.717, 1.165) is 15.8 Å². The second kappa shape index (κ2) is 7.73. The number of nitrogens with two attached hydrogens (primary N) is 1. The lowest BCUT2D eigenvalue weighted by atomic mass is 10.2. The number of nitro groups is 1. The van der Waals surface area contributed by atoms with Crippen molar-refractivity contribution in [2.24, 2.45) is 14.1 Å². The number of nitrogens with zero attached hydrogens (tertiary/aromatic N) is 6. The number of rotatable bonds is 5. The van der Waals surface area contributed by atoms with E-state index >= 15 is 0 Å². The second-order valence-electron chi connectivity index (χ2n) is 7.91. The standard InChI is InChI=1S/C23H21N7O4/c1-27-16-7-5-4-6-15(16)25-21(27)18-17-19(23(31)28(2)26-22(17)30(32)33)29(20(18)24)12-13-8-10-14(34-3)11-9-13/h4-11H,12,24H2,1-3H3. The molecule has 0 spiro atoms. The Morgan fingerprint density at radius 3 is 2.47 bits per heavy atom. The van der Waals surface area contributed by atoms with Gasteiger partial charge in [0.25, 0.3) is 0 Å². The Morgan fingerprint density at radius 2 is 1.82 bits per heavy atom. The summed E-state index contributed by atoms with van der Waals surface area (Å²) in [5.41, 5.74) is 8.89. The van der Waals surface area contributed by atoms with Gasteiger partial charge in [-0.1, -0.05) is 24.3 Å². The van der Waals surface area contributed by atoms with Gasteiger partial charge in [-0.05, 0) is 34.8 Å². The van der Waals surface area contributed by atoms with Crippen LogP contribution in [0.2, 0.25) is 0 Å². The van der Waals surface area contributed by atoms with Crippen LogP contribution in [-0.2, 0) is 20.6 Å². The molecule has 0 amide bonds. The van der Waals surface area contributed by atoms with Crippen LogP contribution in [0.3, 0.4) is 0 Å². The van der Waals surface area contributed by atoms with Gasteiger partial charge in [0, 0.05) is 13.6 Å². The number of nitrogen functional groups attached to an aromatic ring is 1. The molecule has 0 unspecified atom stereocenters. The number of aryl methyl sites for hydroxylation is 2. The number of anilines is 1. The molecule has 3 aromatic heterocycles. The molecule has 5 rings (SSSR count). The summed E-state index contributed by atoms with van der Waals surface area (Å²) in [5.74, 6) is 0.831. The number of methoxy groups -OCH3 is 1. The van der Waals surface area contributed by atoms with Gasteiger partial charge in [0.1, 0.15) is 28.3 Å². The lowest BCUT2D eigenvalue weighted by Crippen LogP contribution is -2.23. The van der Waals surface area contributed by atoms with Gasteiger partial charge in [-0.15, -0.1) is 4.68 Å². The highest BCUT2D eigenvalue weighted by atomic mass is 16.6. The maximum Gasteiger partial charge on any atom is 0.398 e. The van der Waals surface area contributed by atoms with Crippen LogP contribution >= 0.6 is 0 Å². The van der Waals surface area contributed by atoms with Crippen LogP contribution in [0.25, 0.3) is 33.3 Å². The van der Waals surface area contributed by atoms with Crippen molar-refractivity contribution in [2.75, 3.05) is 12.8 Å². The van der Waals surface area contributed by atoms with Gasteiger partial charge in [0.05, 0.1) is 35.9 Å². The molecule has 0 aliphatic heterocycles. The number of hydrogen-bond acceptors (Lipinski definition) is 7. The fourth-order valence-electron chi connectivity index (χ4n) is 4.27. The molecule has 0 aliphatic carbocycles. The average molecular weight is 459 g/mol. The summed E-state index contributed by atoms with van der Waals surface area (Å²) in [6.45, 7) is 0.215. The van der Waals surface area contributed by atoms with Crippen LogP contribution < -0.4 is 16.0 Å². The van der Waals surface area contributed by atoms with Crippen molar-refractivity contribution in [3.8, 4) is 17.1 Å². The maximum absolute atomic E-state index is 13.2. The third-order valence-corrected chi connectivity index (χ3v) is 5.95. The zero-order valence-electron chi connectivity index (χ0n) is 18.7. The van der Waals surface area contributed by atoms with Crippen LogP contribution in [0.5, 0.6) is 5.75 Å². The van der Waals surface area contributed by atoms with Crippen molar-refractivity contribution in [2.45, 2.75) is 6.54 Å². The van der Waals surface area contributed by atoms with Gasteiger partial charge in [-0.2, -0.15) is 0 Å². The highest BCUT2D eigenvalue weighted by molar-refractivity contribution is 6.06. The molecule has 3 heterocycles. The SMILES string of the molecule is COc1ccc(Cn2c(N)c(-c3nc4ccccc4n3C)c3c([N+](=O)[O-])nn(C)c(=O)c32)cc1. The van der Waals surface area contributed by atoms with Gasteiger partial charge in [0.15, 0.2) is 0 Å². The summed E-state index contributed by atoms with van der Waals surface area (Å²) in [5, 5.41) is 16.0. The third-order valence-electron chi connectivity index (χ3n) is 5.95. The van der Waals surface area contributed by atoms with E-state index in [-0.39, 0.29) is 23.3 Å². The Morgan fingerprint density at radius 1 is 1.12 bits per heavy atom. The molecule has 0 aliphatic rings. The number of hydrogen-bond donors (Lipinski definition) is 1. The van der Waals surface area contributed by atoms with Gasteiger partial charge in [0.2, 0.25) is 0 Å². The smallest absolute Gasteiger partial charge is 0.398 e. The molecule has 0 fully saturated rings. The second-order valence-corrected chi connectivity index (χ2v) is 7.91. The number of ether oxygens (including phenoxy) is 1. The molecule has 0 saturated heterocycles. The summed E-state index contributed by atoms with van der Waals surface area (Å²) >= 11 is 0. The number of aromatic nitrogens is 5. The predicted octanol–water partition coefficient (Wildman–Crippen LogP) is 2.84. The molecule has 0 radical (unpaired) electrons. The van der Waals surface area contributed by atoms with Crippen molar-refractivity contribution in [1.82, 2.24) is 23.9 Å². The molecule has 0 bridgehead atoms. The Bertz CT molecular complexity index is 1640. The minimum atomic E-state index is -0.606. The van der Waals surface area contributed by atoms with Crippen LogP contribution in [0, 0.1) is 10.1 Å². The summed E-state index contributed by atoms with van der Waals surface area (Å²) < 4.78 is 9.57. The Hall–Kier alpha value is -4.67. The normalized spacial score (nSPS) is 11.4. The van der Waals surface area contributed by atoms with Crippen molar-refractivity contribution in [3.63, 3.8) is 0 Å². The fraction of sp³-hybridized carbons (Fsp3) is 0.174. The zero-order chi connectivity index (χ0) is 24.1. The molecule has 11 heteroatoms. The number of para-hydroxylation sites is 2. The molecule has 11 nitrogen and oxygen atoms in total. The Kier molecular flexibility index (Phi) is 4.82. The van der Waals surface area contributed by atoms with E-state index < -0.39 is 16.3 Å². The van der Waals surface area contributed by atoms with Crippen LogP contribution in [-0.4, -0.2) is 35.9 Å². The first-order valence-corrected chi connectivity index (χ1v) is 10.4. The van der Waals surface area contributed by atoms with E-state index in [2.05, 4.69) is 10.1 Å². The summed E-state index contributed by atoms with van der Waals surface area (Å²) in [7, 11) is 4.76. The molecule has 34 heavy (non-hydrogen) atoms. The van der Waals surface area contributed by atoms with Gasteiger partial charge >= 0.3 is 11.4 Å². The van der Waals surface area contributed by atoms with Crippen molar-refractivity contribution in [3.05, 3.63) is 74.6 Å². The van der Waals surface area contributed by atoms with Crippen molar-refractivity contribution < 1.29 is 9.66 Å². The topological polar surface area (TPSA) is 136 Å². The number of imidazole rings is 1. The molecule has 2 aromatic carbocycles. The van der Waals surface area contributed by atoms with Gasteiger partial charge < -0.3 is 29.7 Å². The Balaban J connectivity index is 1.87.